The number of carbonyl (C=O) groups is 1. The van der Waals surface area contributed by atoms with Crippen molar-refractivity contribution in [3.8, 4) is 0 Å². The van der Waals surface area contributed by atoms with Crippen LogP contribution in [0.2, 0.25) is 5.02 Å². The van der Waals surface area contributed by atoms with E-state index in [1.54, 1.807) is 0 Å². The van der Waals surface area contributed by atoms with Gasteiger partial charge in [0, 0.05) is 42.9 Å². The fourth-order valence-electron chi connectivity index (χ4n) is 3.62. The molecule has 150 valence electrons. The first-order valence-corrected chi connectivity index (χ1v) is 9.84. The van der Waals surface area contributed by atoms with Crippen LogP contribution in [0.15, 0.2) is 29.3 Å². The molecule has 1 amide bonds. The average Bonchev–Trinajstić information content (AvgIpc) is 2.68. The standard InChI is InChI=1S/C19H28ClN5O.HI/c20-15-6-8-17(9-7-15)24-10-12-25(13-11-24)18(26)14-22-19(21)23-16-4-2-1-3-5-16;/h6-9,16H,1-5,10-14H2,(H3,21,22,23);1H. The number of nitrogens with zero attached hydrogens (tertiary/aromatic N) is 3. The van der Waals surface area contributed by atoms with Crippen LogP contribution < -0.4 is 16.0 Å². The second-order valence-electron chi connectivity index (χ2n) is 7.02. The second kappa shape index (κ2) is 10.9. The fraction of sp³-hybridized carbons (Fsp3) is 0.579. The van der Waals surface area contributed by atoms with Crippen molar-refractivity contribution < 1.29 is 4.79 Å². The Kier molecular flexibility index (Phi) is 8.95. The molecule has 0 radical (unpaired) electrons. The maximum atomic E-state index is 12.4. The Morgan fingerprint density at radius 2 is 1.74 bits per heavy atom. The molecule has 0 atom stereocenters. The maximum Gasteiger partial charge on any atom is 0.244 e. The molecule has 2 aliphatic rings. The predicted octanol–water partition coefficient (Wildman–Crippen LogP) is 2.84. The van der Waals surface area contributed by atoms with E-state index < -0.39 is 0 Å². The summed E-state index contributed by atoms with van der Waals surface area (Å²) in [7, 11) is 0. The Bertz CT molecular complexity index is 625. The summed E-state index contributed by atoms with van der Waals surface area (Å²) in [6, 6.07) is 8.23. The van der Waals surface area contributed by atoms with Crippen LogP contribution in [0.1, 0.15) is 32.1 Å². The van der Waals surface area contributed by atoms with Crippen molar-refractivity contribution in [2.45, 2.75) is 38.1 Å². The van der Waals surface area contributed by atoms with Crippen molar-refractivity contribution >= 4 is 53.1 Å². The van der Waals surface area contributed by atoms with Gasteiger partial charge in [0.15, 0.2) is 5.96 Å². The third-order valence-corrected chi connectivity index (χ3v) is 5.42. The number of benzene rings is 1. The summed E-state index contributed by atoms with van der Waals surface area (Å²) < 4.78 is 0. The Morgan fingerprint density at radius 3 is 2.37 bits per heavy atom. The minimum Gasteiger partial charge on any atom is -0.370 e. The molecule has 1 saturated heterocycles. The second-order valence-corrected chi connectivity index (χ2v) is 7.46. The van der Waals surface area contributed by atoms with Crippen LogP contribution in [0.5, 0.6) is 0 Å². The number of nitrogens with two attached hydrogens (primary N) is 1. The lowest BCUT2D eigenvalue weighted by Crippen LogP contribution is -2.49. The van der Waals surface area contributed by atoms with Gasteiger partial charge in [-0.15, -0.1) is 24.0 Å². The van der Waals surface area contributed by atoms with E-state index in [4.69, 9.17) is 17.3 Å². The van der Waals surface area contributed by atoms with Gasteiger partial charge in [-0.2, -0.15) is 0 Å². The third kappa shape index (κ3) is 6.71. The van der Waals surface area contributed by atoms with Gasteiger partial charge < -0.3 is 20.9 Å². The Labute approximate surface area is 183 Å². The summed E-state index contributed by atoms with van der Waals surface area (Å²) in [4.78, 5) is 20.8. The Balaban J connectivity index is 0.00000261. The summed E-state index contributed by atoms with van der Waals surface area (Å²) in [5, 5.41) is 3.98. The lowest BCUT2D eigenvalue weighted by Gasteiger charge is -2.36. The lowest BCUT2D eigenvalue weighted by atomic mass is 9.96. The van der Waals surface area contributed by atoms with Crippen molar-refractivity contribution in [2.24, 2.45) is 10.7 Å². The van der Waals surface area contributed by atoms with Gasteiger partial charge in [-0.1, -0.05) is 30.9 Å². The molecule has 3 rings (SSSR count). The number of carbonyl (C=O) groups excluding carboxylic acids is 1. The molecule has 3 N–H and O–H groups in total. The molecule has 1 aromatic carbocycles. The number of piperazine rings is 1. The number of anilines is 1. The first kappa shape index (κ1) is 22.1. The zero-order valence-corrected chi connectivity index (χ0v) is 18.7. The molecule has 8 heteroatoms. The smallest absolute Gasteiger partial charge is 0.244 e. The molecule has 1 saturated carbocycles. The molecular formula is C19H29ClIN5O. The zero-order chi connectivity index (χ0) is 18.4. The van der Waals surface area contributed by atoms with Crippen molar-refractivity contribution in [3.63, 3.8) is 0 Å². The molecule has 27 heavy (non-hydrogen) atoms. The molecule has 0 unspecified atom stereocenters. The first-order valence-electron chi connectivity index (χ1n) is 9.46. The molecule has 1 aliphatic heterocycles. The molecular weight excluding hydrogens is 477 g/mol. The van der Waals surface area contributed by atoms with Crippen LogP contribution in [0.4, 0.5) is 5.69 Å². The van der Waals surface area contributed by atoms with E-state index >= 15 is 0 Å². The number of hydrogen-bond donors (Lipinski definition) is 2. The van der Waals surface area contributed by atoms with Gasteiger partial charge in [0.2, 0.25) is 5.91 Å². The zero-order valence-electron chi connectivity index (χ0n) is 15.6. The van der Waals surface area contributed by atoms with Crippen LogP contribution in [-0.2, 0) is 4.79 Å². The normalized spacial score (nSPS) is 18.8. The highest BCUT2D eigenvalue weighted by atomic mass is 127. The molecule has 0 aromatic heterocycles. The van der Waals surface area contributed by atoms with Gasteiger partial charge in [0.1, 0.15) is 6.54 Å². The van der Waals surface area contributed by atoms with Gasteiger partial charge in [-0.3, -0.25) is 4.79 Å². The largest absolute Gasteiger partial charge is 0.370 e. The number of amides is 1. The molecule has 0 spiro atoms. The number of guanidine groups is 1. The van der Waals surface area contributed by atoms with Crippen LogP contribution in [0.25, 0.3) is 0 Å². The molecule has 1 heterocycles. The van der Waals surface area contributed by atoms with Gasteiger partial charge >= 0.3 is 0 Å². The molecule has 1 aromatic rings. The van der Waals surface area contributed by atoms with E-state index in [-0.39, 0.29) is 36.4 Å². The van der Waals surface area contributed by atoms with E-state index in [9.17, 15) is 4.79 Å². The van der Waals surface area contributed by atoms with Crippen LogP contribution in [0.3, 0.4) is 0 Å². The van der Waals surface area contributed by atoms with E-state index in [0.717, 1.165) is 36.6 Å². The first-order chi connectivity index (χ1) is 12.6. The van der Waals surface area contributed by atoms with Crippen molar-refractivity contribution in [1.29, 1.82) is 0 Å². The average molecular weight is 506 g/mol. The minimum absolute atomic E-state index is 0. The van der Waals surface area contributed by atoms with Crippen LogP contribution in [0, 0.1) is 0 Å². The van der Waals surface area contributed by atoms with Crippen molar-refractivity contribution in [3.05, 3.63) is 29.3 Å². The maximum absolute atomic E-state index is 12.4. The third-order valence-electron chi connectivity index (χ3n) is 5.17. The van der Waals surface area contributed by atoms with Crippen LogP contribution >= 0.6 is 35.6 Å². The predicted molar refractivity (Wildman–Crippen MR) is 122 cm³/mol. The SMILES string of the molecule is I.NC(=NCC(=O)N1CCN(c2ccc(Cl)cc2)CC1)NC1CCCCC1. The lowest BCUT2D eigenvalue weighted by molar-refractivity contribution is -0.129. The Morgan fingerprint density at radius 1 is 1.11 bits per heavy atom. The monoisotopic (exact) mass is 505 g/mol. The van der Waals surface area contributed by atoms with E-state index in [2.05, 4.69) is 15.2 Å². The van der Waals surface area contributed by atoms with Gasteiger partial charge in [0.05, 0.1) is 0 Å². The van der Waals surface area contributed by atoms with Gasteiger partial charge in [-0.25, -0.2) is 4.99 Å². The number of nitrogens with one attached hydrogen (secondary N) is 1. The number of halogens is 2. The topological polar surface area (TPSA) is 74.0 Å². The highest BCUT2D eigenvalue weighted by Gasteiger charge is 2.21. The highest BCUT2D eigenvalue weighted by molar-refractivity contribution is 14.0. The fourth-order valence-corrected chi connectivity index (χ4v) is 3.75. The minimum atomic E-state index is 0. The quantitative estimate of drug-likeness (QED) is 0.375. The molecule has 0 bridgehead atoms. The van der Waals surface area contributed by atoms with Gasteiger partial charge in [0.25, 0.3) is 0 Å². The summed E-state index contributed by atoms with van der Waals surface area (Å²) in [5.74, 6) is 0.430. The highest BCUT2D eigenvalue weighted by Crippen LogP contribution is 2.19. The molecule has 6 nitrogen and oxygen atoms in total. The molecule has 1 aliphatic carbocycles. The van der Waals surface area contributed by atoms with Gasteiger partial charge in [-0.05, 0) is 37.1 Å². The van der Waals surface area contributed by atoms with Crippen molar-refractivity contribution in [2.75, 3.05) is 37.6 Å². The van der Waals surface area contributed by atoms with Crippen LogP contribution in [-0.4, -0.2) is 55.5 Å². The van der Waals surface area contributed by atoms with E-state index in [1.807, 2.05) is 29.2 Å². The van der Waals surface area contributed by atoms with E-state index in [0.29, 0.717) is 25.1 Å². The Hall–Kier alpha value is -1.22. The summed E-state index contributed by atoms with van der Waals surface area (Å²) in [6.07, 6.45) is 6.05. The number of aliphatic imine (C=N–C) groups is 1. The summed E-state index contributed by atoms with van der Waals surface area (Å²) >= 11 is 5.94. The van der Waals surface area contributed by atoms with E-state index in [1.165, 1.54) is 19.3 Å². The number of hydrogen-bond acceptors (Lipinski definition) is 3. The number of rotatable bonds is 4. The van der Waals surface area contributed by atoms with Crippen molar-refractivity contribution in [1.82, 2.24) is 10.2 Å². The summed E-state index contributed by atoms with van der Waals surface area (Å²) in [6.45, 7) is 3.15. The molecule has 2 fully saturated rings. The summed E-state index contributed by atoms with van der Waals surface area (Å²) in [5.41, 5.74) is 7.08.